The molecule has 1 aliphatic rings. The number of nitrogens with zero attached hydrogens (tertiary/aromatic N) is 1. The standard InChI is InChI=1S/C14H26N2O3S/c1-5-20-8-11(4)15-13(19)16-7-6-14(9-16,10(2)3)12(17)18/h10-11H,5-9H2,1-4H3,(H,15,19)(H,17,18). The van der Waals surface area contributed by atoms with Crippen LogP contribution in [0.15, 0.2) is 0 Å². The molecule has 1 heterocycles. The summed E-state index contributed by atoms with van der Waals surface area (Å²) in [6.07, 6.45) is 0.533. The van der Waals surface area contributed by atoms with E-state index >= 15 is 0 Å². The Kier molecular flexibility index (Phi) is 6.17. The number of carbonyl (C=O) groups is 2. The topological polar surface area (TPSA) is 69.6 Å². The lowest BCUT2D eigenvalue weighted by atomic mass is 9.76. The first-order valence-corrected chi connectivity index (χ1v) is 8.35. The van der Waals surface area contributed by atoms with Crippen LogP contribution in [0.3, 0.4) is 0 Å². The normalized spacial score (nSPS) is 23.9. The van der Waals surface area contributed by atoms with E-state index in [2.05, 4.69) is 12.2 Å². The first-order chi connectivity index (χ1) is 9.33. The lowest BCUT2D eigenvalue weighted by Crippen LogP contribution is -2.46. The fourth-order valence-corrected chi connectivity index (χ4v) is 3.21. The predicted molar refractivity (Wildman–Crippen MR) is 82.1 cm³/mol. The number of hydrogen-bond acceptors (Lipinski definition) is 3. The predicted octanol–water partition coefficient (Wildman–Crippen LogP) is 2.27. The summed E-state index contributed by atoms with van der Waals surface area (Å²) in [6.45, 7) is 8.71. The molecule has 1 saturated heterocycles. The van der Waals surface area contributed by atoms with Crippen LogP contribution in [0.2, 0.25) is 0 Å². The van der Waals surface area contributed by atoms with Gasteiger partial charge in [-0.1, -0.05) is 20.8 Å². The third kappa shape index (κ3) is 3.81. The number of urea groups is 1. The monoisotopic (exact) mass is 302 g/mol. The van der Waals surface area contributed by atoms with E-state index in [4.69, 9.17) is 0 Å². The molecule has 0 radical (unpaired) electrons. The molecule has 2 atom stereocenters. The van der Waals surface area contributed by atoms with Crippen molar-refractivity contribution in [2.45, 2.75) is 40.2 Å². The van der Waals surface area contributed by atoms with Crippen molar-refractivity contribution < 1.29 is 14.7 Å². The van der Waals surface area contributed by atoms with Gasteiger partial charge in [-0.15, -0.1) is 0 Å². The number of carbonyl (C=O) groups excluding carboxylic acids is 1. The quantitative estimate of drug-likeness (QED) is 0.789. The number of rotatable bonds is 6. The molecule has 0 aromatic heterocycles. The molecule has 2 amide bonds. The zero-order chi connectivity index (χ0) is 15.3. The number of hydrogen-bond donors (Lipinski definition) is 2. The Labute approximate surface area is 125 Å². The fourth-order valence-electron chi connectivity index (χ4n) is 2.54. The molecular weight excluding hydrogens is 276 g/mol. The van der Waals surface area contributed by atoms with Crippen molar-refractivity contribution in [2.75, 3.05) is 24.6 Å². The number of aliphatic carboxylic acids is 1. The Hall–Kier alpha value is -0.910. The minimum atomic E-state index is -0.794. The summed E-state index contributed by atoms with van der Waals surface area (Å²) in [5.41, 5.74) is -0.793. The van der Waals surface area contributed by atoms with Gasteiger partial charge in [0.15, 0.2) is 0 Å². The maximum atomic E-state index is 12.2. The molecule has 0 aromatic carbocycles. The van der Waals surface area contributed by atoms with Crippen molar-refractivity contribution in [2.24, 2.45) is 11.3 Å². The first kappa shape index (κ1) is 17.1. The summed E-state index contributed by atoms with van der Waals surface area (Å²) in [6, 6.07) is -0.0377. The van der Waals surface area contributed by atoms with E-state index < -0.39 is 11.4 Å². The number of amides is 2. The Bertz CT molecular complexity index is 362. The van der Waals surface area contributed by atoms with Crippen molar-refractivity contribution in [3.8, 4) is 0 Å². The van der Waals surface area contributed by atoms with Gasteiger partial charge in [-0.25, -0.2) is 4.79 Å². The second-order valence-electron chi connectivity index (χ2n) is 5.80. The van der Waals surface area contributed by atoms with Crippen LogP contribution in [0.4, 0.5) is 4.79 Å². The maximum Gasteiger partial charge on any atom is 0.317 e. The smallest absolute Gasteiger partial charge is 0.317 e. The van der Waals surface area contributed by atoms with E-state index in [0.717, 1.165) is 11.5 Å². The molecule has 1 aliphatic heterocycles. The van der Waals surface area contributed by atoms with Crippen molar-refractivity contribution in [3.05, 3.63) is 0 Å². The van der Waals surface area contributed by atoms with Crippen LogP contribution in [0.1, 0.15) is 34.1 Å². The summed E-state index contributed by atoms with van der Waals surface area (Å²) in [5, 5.41) is 12.4. The maximum absolute atomic E-state index is 12.2. The van der Waals surface area contributed by atoms with Crippen molar-refractivity contribution >= 4 is 23.8 Å². The molecule has 2 N–H and O–H groups in total. The van der Waals surface area contributed by atoms with E-state index in [-0.39, 0.29) is 18.0 Å². The van der Waals surface area contributed by atoms with Crippen LogP contribution in [0, 0.1) is 11.3 Å². The van der Waals surface area contributed by atoms with E-state index in [1.165, 1.54) is 0 Å². The SMILES string of the molecule is CCSCC(C)NC(=O)N1CCC(C(=O)O)(C(C)C)C1. The largest absolute Gasteiger partial charge is 0.481 e. The highest BCUT2D eigenvalue weighted by Crippen LogP contribution is 2.38. The number of thioether (sulfide) groups is 1. The summed E-state index contributed by atoms with van der Waals surface area (Å²) in [7, 11) is 0. The van der Waals surface area contributed by atoms with Gasteiger partial charge in [0.25, 0.3) is 0 Å². The lowest BCUT2D eigenvalue weighted by Gasteiger charge is -2.29. The Balaban J connectivity index is 2.58. The first-order valence-electron chi connectivity index (χ1n) is 7.20. The average Bonchev–Trinajstić information content (AvgIpc) is 2.82. The summed E-state index contributed by atoms with van der Waals surface area (Å²) < 4.78 is 0. The van der Waals surface area contributed by atoms with Crippen LogP contribution in [-0.2, 0) is 4.79 Å². The summed E-state index contributed by atoms with van der Waals surface area (Å²) in [5.74, 6) is 1.13. The van der Waals surface area contributed by atoms with Crippen molar-refractivity contribution in [3.63, 3.8) is 0 Å². The van der Waals surface area contributed by atoms with Crippen LogP contribution >= 0.6 is 11.8 Å². The molecule has 0 saturated carbocycles. The molecule has 1 fully saturated rings. The summed E-state index contributed by atoms with van der Waals surface area (Å²) in [4.78, 5) is 25.3. The number of likely N-dealkylation sites (tertiary alicyclic amines) is 1. The van der Waals surface area contributed by atoms with Gasteiger partial charge in [0.1, 0.15) is 0 Å². The van der Waals surface area contributed by atoms with E-state index in [9.17, 15) is 14.7 Å². The van der Waals surface area contributed by atoms with E-state index in [0.29, 0.717) is 19.5 Å². The molecular formula is C14H26N2O3S. The number of carboxylic acids is 1. The molecule has 116 valence electrons. The highest BCUT2D eigenvalue weighted by molar-refractivity contribution is 7.99. The van der Waals surface area contributed by atoms with Gasteiger partial charge in [0.2, 0.25) is 0 Å². The van der Waals surface area contributed by atoms with E-state index in [1.807, 2.05) is 20.8 Å². The second kappa shape index (κ2) is 7.20. The molecule has 20 heavy (non-hydrogen) atoms. The Morgan fingerprint density at radius 3 is 2.50 bits per heavy atom. The van der Waals surface area contributed by atoms with Gasteiger partial charge >= 0.3 is 12.0 Å². The van der Waals surface area contributed by atoms with Gasteiger partial charge in [-0.3, -0.25) is 4.79 Å². The van der Waals surface area contributed by atoms with Gasteiger partial charge in [0, 0.05) is 24.9 Å². The number of carboxylic acid groups (broad SMARTS) is 1. The van der Waals surface area contributed by atoms with E-state index in [1.54, 1.807) is 16.7 Å². The Morgan fingerprint density at radius 1 is 1.40 bits per heavy atom. The lowest BCUT2D eigenvalue weighted by molar-refractivity contribution is -0.150. The third-order valence-corrected chi connectivity index (χ3v) is 5.20. The van der Waals surface area contributed by atoms with Crippen LogP contribution in [0.5, 0.6) is 0 Å². The van der Waals surface area contributed by atoms with Crippen molar-refractivity contribution in [1.29, 1.82) is 0 Å². The highest BCUT2D eigenvalue weighted by atomic mass is 32.2. The zero-order valence-electron chi connectivity index (χ0n) is 12.8. The molecule has 0 bridgehead atoms. The molecule has 5 nitrogen and oxygen atoms in total. The van der Waals surface area contributed by atoms with Gasteiger partial charge in [-0.2, -0.15) is 11.8 Å². The second-order valence-corrected chi connectivity index (χ2v) is 7.12. The zero-order valence-corrected chi connectivity index (χ0v) is 13.6. The molecule has 2 unspecified atom stereocenters. The average molecular weight is 302 g/mol. The molecule has 0 spiro atoms. The van der Waals surface area contributed by atoms with Crippen LogP contribution in [-0.4, -0.2) is 52.6 Å². The van der Waals surface area contributed by atoms with Gasteiger partial charge in [-0.05, 0) is 25.0 Å². The number of nitrogens with one attached hydrogen (secondary N) is 1. The summed E-state index contributed by atoms with van der Waals surface area (Å²) >= 11 is 1.78. The molecule has 0 aromatic rings. The molecule has 1 rings (SSSR count). The van der Waals surface area contributed by atoms with Crippen molar-refractivity contribution in [1.82, 2.24) is 10.2 Å². The molecule has 6 heteroatoms. The minimum absolute atomic E-state index is 0.0193. The fraction of sp³-hybridized carbons (Fsp3) is 0.857. The Morgan fingerprint density at radius 2 is 2.05 bits per heavy atom. The van der Waals surface area contributed by atoms with Gasteiger partial charge in [0.05, 0.1) is 5.41 Å². The van der Waals surface area contributed by atoms with Gasteiger partial charge < -0.3 is 15.3 Å². The highest BCUT2D eigenvalue weighted by Gasteiger charge is 2.48. The third-order valence-electron chi connectivity index (χ3n) is 4.06. The van der Waals surface area contributed by atoms with Crippen LogP contribution < -0.4 is 5.32 Å². The molecule has 0 aliphatic carbocycles. The van der Waals surface area contributed by atoms with Crippen LogP contribution in [0.25, 0.3) is 0 Å². The minimum Gasteiger partial charge on any atom is -0.481 e.